The molecule has 0 spiro atoms. The van der Waals surface area contributed by atoms with Crippen molar-refractivity contribution in [2.75, 3.05) is 25.0 Å². The summed E-state index contributed by atoms with van der Waals surface area (Å²) in [7, 11) is 1.62. The van der Waals surface area contributed by atoms with Gasteiger partial charge >= 0.3 is 6.09 Å². The molecule has 23 heavy (non-hydrogen) atoms. The number of nitrogens with zero attached hydrogens (tertiary/aromatic N) is 2. The van der Waals surface area contributed by atoms with E-state index in [1.165, 1.54) is 4.57 Å². The number of aromatic nitrogens is 1. The number of aryl methyl sites for hydroxylation is 1. The highest BCUT2D eigenvalue weighted by Gasteiger charge is 2.29. The zero-order valence-corrected chi connectivity index (χ0v) is 14.8. The van der Waals surface area contributed by atoms with Crippen LogP contribution >= 0.6 is 15.9 Å². The Balaban J connectivity index is 2.03. The third-order valence-electron chi connectivity index (χ3n) is 3.73. The van der Waals surface area contributed by atoms with Crippen molar-refractivity contribution >= 4 is 33.6 Å². The lowest BCUT2D eigenvalue weighted by molar-refractivity contribution is -0.121. The van der Waals surface area contributed by atoms with Gasteiger partial charge < -0.3 is 19.5 Å². The Bertz CT molecular complexity index is 632. The molecule has 1 aliphatic heterocycles. The highest BCUT2D eigenvalue weighted by atomic mass is 79.9. The largest absolute Gasteiger partial charge is 0.450 e. The summed E-state index contributed by atoms with van der Waals surface area (Å²) in [4.78, 5) is 37.4. The maximum Gasteiger partial charge on any atom is 0.409 e. The minimum atomic E-state index is -0.380. The molecule has 1 atom stereocenters. The first-order valence-corrected chi connectivity index (χ1v) is 8.30. The number of carbonyl (C=O) groups is 2. The lowest BCUT2D eigenvalue weighted by Gasteiger charge is -2.31. The van der Waals surface area contributed by atoms with Gasteiger partial charge in [-0.15, -0.1) is 0 Å². The molecule has 1 aliphatic rings. The fourth-order valence-electron chi connectivity index (χ4n) is 2.56. The van der Waals surface area contributed by atoms with Crippen molar-refractivity contribution in [3.05, 3.63) is 27.1 Å². The number of pyridine rings is 1. The van der Waals surface area contributed by atoms with Crippen LogP contribution in [-0.4, -0.2) is 41.2 Å². The Kier molecular flexibility index (Phi) is 5.81. The molecule has 0 bridgehead atoms. The van der Waals surface area contributed by atoms with Crippen molar-refractivity contribution in [2.24, 2.45) is 13.0 Å². The molecule has 2 heterocycles. The normalized spacial score (nSPS) is 17.7. The summed E-state index contributed by atoms with van der Waals surface area (Å²) >= 11 is 3.17. The molecule has 2 amide bonds. The van der Waals surface area contributed by atoms with Crippen molar-refractivity contribution in [1.29, 1.82) is 0 Å². The lowest BCUT2D eigenvalue weighted by Crippen LogP contribution is -2.44. The Morgan fingerprint density at radius 2 is 2.22 bits per heavy atom. The van der Waals surface area contributed by atoms with Crippen LogP contribution in [0, 0.1) is 5.92 Å². The van der Waals surface area contributed by atoms with Crippen molar-refractivity contribution in [1.82, 2.24) is 9.47 Å². The van der Waals surface area contributed by atoms with Crippen molar-refractivity contribution in [2.45, 2.75) is 19.8 Å². The number of halogens is 1. The standard InChI is InChI=1S/C15H20BrN3O4/c1-3-23-15(22)19-6-4-5-10(8-19)13(20)17-11-7-12(16)14(21)18(2)9-11/h7,9-10H,3-6,8H2,1-2H3,(H,17,20)/t10-/m1/s1. The summed E-state index contributed by atoms with van der Waals surface area (Å²) < 4.78 is 6.76. The smallest absolute Gasteiger partial charge is 0.409 e. The summed E-state index contributed by atoms with van der Waals surface area (Å²) in [6.07, 6.45) is 2.66. The van der Waals surface area contributed by atoms with E-state index in [0.717, 1.165) is 6.42 Å². The average molecular weight is 386 g/mol. The van der Waals surface area contributed by atoms with Crippen molar-refractivity contribution < 1.29 is 14.3 Å². The van der Waals surface area contributed by atoms with Gasteiger partial charge in [-0.1, -0.05) is 0 Å². The van der Waals surface area contributed by atoms with Crippen LogP contribution in [0.4, 0.5) is 10.5 Å². The molecule has 1 fully saturated rings. The number of hydrogen-bond donors (Lipinski definition) is 1. The zero-order valence-electron chi connectivity index (χ0n) is 13.2. The monoisotopic (exact) mass is 385 g/mol. The van der Waals surface area contributed by atoms with E-state index in [1.54, 1.807) is 31.1 Å². The number of likely N-dealkylation sites (tertiary alicyclic amines) is 1. The number of piperidine rings is 1. The van der Waals surface area contributed by atoms with Crippen LogP contribution in [-0.2, 0) is 16.6 Å². The van der Waals surface area contributed by atoms with Gasteiger partial charge in [0.05, 0.1) is 22.7 Å². The maximum atomic E-state index is 12.4. The van der Waals surface area contributed by atoms with Gasteiger partial charge in [0.25, 0.3) is 5.56 Å². The molecule has 1 aromatic heterocycles. The van der Waals surface area contributed by atoms with Gasteiger partial charge in [-0.25, -0.2) is 4.79 Å². The second-order valence-corrected chi connectivity index (χ2v) is 6.32. The quantitative estimate of drug-likeness (QED) is 0.861. The molecule has 1 saturated heterocycles. The van der Waals surface area contributed by atoms with E-state index in [2.05, 4.69) is 21.2 Å². The number of anilines is 1. The molecule has 8 heteroatoms. The molecule has 0 unspecified atom stereocenters. The molecule has 0 aliphatic carbocycles. The number of amides is 2. The molecular weight excluding hydrogens is 366 g/mol. The van der Waals surface area contributed by atoms with Gasteiger partial charge in [0, 0.05) is 26.3 Å². The number of hydrogen-bond acceptors (Lipinski definition) is 4. The predicted octanol–water partition coefficient (Wildman–Crippen LogP) is 1.95. The van der Waals surface area contributed by atoms with E-state index in [1.807, 2.05) is 0 Å². The van der Waals surface area contributed by atoms with Crippen LogP contribution in [0.3, 0.4) is 0 Å². The predicted molar refractivity (Wildman–Crippen MR) is 89.3 cm³/mol. The molecule has 0 aromatic carbocycles. The number of nitrogens with one attached hydrogen (secondary N) is 1. The van der Waals surface area contributed by atoms with Gasteiger partial charge in [-0.3, -0.25) is 9.59 Å². The third kappa shape index (κ3) is 4.34. The summed E-state index contributed by atoms with van der Waals surface area (Å²) in [6, 6.07) is 1.58. The van der Waals surface area contributed by atoms with E-state index in [-0.39, 0.29) is 23.5 Å². The maximum absolute atomic E-state index is 12.4. The van der Waals surface area contributed by atoms with Crippen LogP contribution in [0.5, 0.6) is 0 Å². The molecule has 0 radical (unpaired) electrons. The molecule has 2 rings (SSSR count). The Morgan fingerprint density at radius 3 is 2.87 bits per heavy atom. The number of carbonyl (C=O) groups excluding carboxylic acids is 2. The summed E-state index contributed by atoms with van der Waals surface area (Å²) in [5, 5.41) is 2.80. The fraction of sp³-hybridized carbons (Fsp3) is 0.533. The highest BCUT2D eigenvalue weighted by Crippen LogP contribution is 2.20. The van der Waals surface area contributed by atoms with Gasteiger partial charge in [-0.2, -0.15) is 0 Å². The first-order chi connectivity index (χ1) is 10.9. The topological polar surface area (TPSA) is 80.6 Å². The molecule has 7 nitrogen and oxygen atoms in total. The van der Waals surface area contributed by atoms with Gasteiger partial charge in [0.1, 0.15) is 0 Å². The molecule has 1 aromatic rings. The van der Waals surface area contributed by atoms with Crippen molar-refractivity contribution in [3.63, 3.8) is 0 Å². The molecular formula is C15H20BrN3O4. The van der Waals surface area contributed by atoms with E-state index in [9.17, 15) is 14.4 Å². The number of ether oxygens (including phenoxy) is 1. The van der Waals surface area contributed by atoms with E-state index in [4.69, 9.17) is 4.74 Å². The van der Waals surface area contributed by atoms with Crippen LogP contribution < -0.4 is 10.9 Å². The van der Waals surface area contributed by atoms with Crippen LogP contribution in [0.15, 0.2) is 21.5 Å². The second-order valence-electron chi connectivity index (χ2n) is 5.47. The van der Waals surface area contributed by atoms with E-state index >= 15 is 0 Å². The fourth-order valence-corrected chi connectivity index (χ4v) is 3.08. The minimum Gasteiger partial charge on any atom is -0.450 e. The van der Waals surface area contributed by atoms with E-state index < -0.39 is 0 Å². The van der Waals surface area contributed by atoms with Crippen LogP contribution in [0.2, 0.25) is 0 Å². The first-order valence-electron chi connectivity index (χ1n) is 7.51. The number of rotatable bonds is 3. The third-order valence-corrected chi connectivity index (χ3v) is 4.29. The average Bonchev–Trinajstić information content (AvgIpc) is 2.53. The van der Waals surface area contributed by atoms with Crippen LogP contribution in [0.1, 0.15) is 19.8 Å². The second kappa shape index (κ2) is 7.63. The molecule has 126 valence electrons. The molecule has 1 N–H and O–H groups in total. The lowest BCUT2D eigenvalue weighted by atomic mass is 9.97. The summed E-state index contributed by atoms with van der Waals surface area (Å²) in [5.41, 5.74) is 0.367. The Morgan fingerprint density at radius 1 is 1.48 bits per heavy atom. The van der Waals surface area contributed by atoms with Gasteiger partial charge in [0.15, 0.2) is 0 Å². The first kappa shape index (κ1) is 17.5. The van der Waals surface area contributed by atoms with Crippen LogP contribution in [0.25, 0.3) is 0 Å². The zero-order chi connectivity index (χ0) is 17.0. The summed E-state index contributed by atoms with van der Waals surface area (Å²) in [6.45, 7) is 3.02. The minimum absolute atomic E-state index is 0.162. The van der Waals surface area contributed by atoms with E-state index in [0.29, 0.717) is 36.3 Å². The highest BCUT2D eigenvalue weighted by molar-refractivity contribution is 9.10. The molecule has 0 saturated carbocycles. The summed E-state index contributed by atoms with van der Waals surface area (Å²) in [5.74, 6) is -0.450. The van der Waals surface area contributed by atoms with Crippen molar-refractivity contribution in [3.8, 4) is 0 Å². The SMILES string of the molecule is CCOC(=O)N1CCC[C@@H](C(=O)Nc2cc(Br)c(=O)n(C)c2)C1. The van der Waals surface area contributed by atoms with Gasteiger partial charge in [-0.05, 0) is 41.8 Å². The Labute approximate surface area is 142 Å². The Hall–Kier alpha value is -1.83. The van der Waals surface area contributed by atoms with Gasteiger partial charge in [0.2, 0.25) is 5.91 Å².